The minimum atomic E-state index is -0.529. The van der Waals surface area contributed by atoms with Gasteiger partial charge in [-0.25, -0.2) is 15.0 Å². The first-order valence-corrected chi connectivity index (χ1v) is 18.3. The van der Waals surface area contributed by atoms with E-state index >= 15 is 0 Å². The Morgan fingerprint density at radius 1 is 0.352 bits per heavy atom. The topological polar surface area (TPSA) is 47.9 Å². The summed E-state index contributed by atoms with van der Waals surface area (Å²) in [5, 5.41) is 2.26. The van der Waals surface area contributed by atoms with Crippen LogP contribution < -0.4 is 4.74 Å². The van der Waals surface area contributed by atoms with E-state index in [1.54, 1.807) is 0 Å². The minimum Gasteiger partial charge on any atom is -0.456 e. The molecule has 2 heterocycles. The van der Waals surface area contributed by atoms with Crippen LogP contribution in [0.1, 0.15) is 22.3 Å². The first kappa shape index (κ1) is 30.5. The molecule has 9 aromatic rings. The van der Waals surface area contributed by atoms with Crippen molar-refractivity contribution in [3.63, 3.8) is 0 Å². The lowest BCUT2D eigenvalue weighted by Gasteiger charge is -2.34. The van der Waals surface area contributed by atoms with Gasteiger partial charge in [0.1, 0.15) is 11.5 Å². The highest BCUT2D eigenvalue weighted by Gasteiger charge is 2.46. The van der Waals surface area contributed by atoms with Crippen LogP contribution >= 0.6 is 0 Å². The molecule has 8 aromatic carbocycles. The molecule has 4 nitrogen and oxygen atoms in total. The Kier molecular flexibility index (Phi) is 6.73. The van der Waals surface area contributed by atoms with E-state index < -0.39 is 5.41 Å². The molecule has 0 saturated heterocycles. The van der Waals surface area contributed by atoms with Crippen molar-refractivity contribution < 1.29 is 4.74 Å². The molecule has 0 unspecified atom stereocenters. The number of nitrogens with zero attached hydrogens (tertiary/aromatic N) is 3. The molecule has 1 aliphatic heterocycles. The second kappa shape index (κ2) is 11.9. The molecule has 252 valence electrons. The van der Waals surface area contributed by atoms with Gasteiger partial charge in [-0.2, -0.15) is 0 Å². The second-order valence-electron chi connectivity index (χ2n) is 13.9. The summed E-state index contributed by atoms with van der Waals surface area (Å²) in [5.41, 5.74) is 11.7. The number of aromatic nitrogens is 3. The van der Waals surface area contributed by atoms with Crippen LogP contribution in [-0.2, 0) is 5.41 Å². The standard InChI is InChI=1S/C50H31N3O/c1-4-14-33(15-5-1)47-51-48(34-27-29-44-41(30-34)40-23-12-16-32-17-13-25-45(54-44)46(32)40)53-49(52-47)35-26-28-39-38-22-10-11-24-42(38)50(43(39)31-35,36-18-6-2-7-19-36)37-20-8-3-9-21-37/h1-31H. The van der Waals surface area contributed by atoms with Gasteiger partial charge >= 0.3 is 0 Å². The maximum absolute atomic E-state index is 6.44. The van der Waals surface area contributed by atoms with E-state index in [9.17, 15) is 0 Å². The van der Waals surface area contributed by atoms with Crippen molar-refractivity contribution in [2.75, 3.05) is 0 Å². The van der Waals surface area contributed by atoms with Crippen LogP contribution in [0.3, 0.4) is 0 Å². The van der Waals surface area contributed by atoms with Gasteiger partial charge in [0.2, 0.25) is 0 Å². The first-order valence-electron chi connectivity index (χ1n) is 18.3. The van der Waals surface area contributed by atoms with Gasteiger partial charge in [-0.3, -0.25) is 0 Å². The molecule has 0 N–H and O–H groups in total. The van der Waals surface area contributed by atoms with Crippen molar-refractivity contribution >= 4 is 10.8 Å². The highest BCUT2D eigenvalue weighted by atomic mass is 16.5. The number of ether oxygens (including phenoxy) is 1. The minimum absolute atomic E-state index is 0.529. The maximum Gasteiger partial charge on any atom is 0.164 e. The average molecular weight is 690 g/mol. The average Bonchev–Trinajstić information content (AvgIpc) is 3.55. The SMILES string of the molecule is c1ccc(-c2nc(-c3ccc4c(c3)-c3cccc5cccc(c35)O4)nc(-c3ccc4c(c3)C(c3ccccc3)(c3ccccc3)c3ccccc3-4)n2)cc1. The molecule has 0 radical (unpaired) electrons. The maximum atomic E-state index is 6.44. The summed E-state index contributed by atoms with van der Waals surface area (Å²) in [6.07, 6.45) is 0. The van der Waals surface area contributed by atoms with E-state index in [0.29, 0.717) is 17.5 Å². The summed E-state index contributed by atoms with van der Waals surface area (Å²) >= 11 is 0. The normalized spacial score (nSPS) is 13.1. The van der Waals surface area contributed by atoms with Gasteiger partial charge < -0.3 is 4.74 Å². The third-order valence-corrected chi connectivity index (χ3v) is 11.0. The largest absolute Gasteiger partial charge is 0.456 e. The van der Waals surface area contributed by atoms with Crippen LogP contribution in [0.2, 0.25) is 0 Å². The molecule has 11 rings (SSSR count). The van der Waals surface area contributed by atoms with Crippen LogP contribution in [-0.4, -0.2) is 15.0 Å². The fourth-order valence-corrected chi connectivity index (χ4v) is 8.64. The van der Waals surface area contributed by atoms with Crippen LogP contribution in [0.15, 0.2) is 188 Å². The molecule has 1 aromatic heterocycles. The Labute approximate surface area is 313 Å². The summed E-state index contributed by atoms with van der Waals surface area (Å²) < 4.78 is 6.44. The molecule has 0 fully saturated rings. The first-order chi connectivity index (χ1) is 26.8. The molecule has 0 atom stereocenters. The summed E-state index contributed by atoms with van der Waals surface area (Å²) in [4.78, 5) is 15.5. The number of benzene rings is 8. The van der Waals surface area contributed by atoms with Crippen molar-refractivity contribution in [1.29, 1.82) is 0 Å². The van der Waals surface area contributed by atoms with Gasteiger partial charge in [-0.1, -0.05) is 158 Å². The molecule has 0 amide bonds. The molecule has 0 spiro atoms. The van der Waals surface area contributed by atoms with E-state index in [1.165, 1.54) is 33.4 Å². The van der Waals surface area contributed by atoms with E-state index in [4.69, 9.17) is 19.7 Å². The summed E-state index contributed by atoms with van der Waals surface area (Å²) in [6, 6.07) is 66.2. The van der Waals surface area contributed by atoms with Crippen molar-refractivity contribution in [3.8, 4) is 67.9 Å². The zero-order chi connectivity index (χ0) is 35.6. The third-order valence-electron chi connectivity index (χ3n) is 11.0. The van der Waals surface area contributed by atoms with E-state index in [1.807, 2.05) is 36.4 Å². The van der Waals surface area contributed by atoms with Gasteiger partial charge in [-0.15, -0.1) is 0 Å². The van der Waals surface area contributed by atoms with Crippen molar-refractivity contribution in [3.05, 3.63) is 210 Å². The summed E-state index contributed by atoms with van der Waals surface area (Å²) in [6.45, 7) is 0. The number of rotatable bonds is 5. The van der Waals surface area contributed by atoms with Gasteiger partial charge in [0.05, 0.1) is 5.41 Å². The fourth-order valence-electron chi connectivity index (χ4n) is 8.64. The monoisotopic (exact) mass is 689 g/mol. The zero-order valence-electron chi connectivity index (χ0n) is 29.1. The fraction of sp³-hybridized carbons (Fsp3) is 0.0200. The van der Waals surface area contributed by atoms with Crippen LogP contribution in [0.25, 0.3) is 67.2 Å². The number of fused-ring (bicyclic) bond motifs is 5. The summed E-state index contributed by atoms with van der Waals surface area (Å²) in [7, 11) is 0. The van der Waals surface area contributed by atoms with Gasteiger partial charge in [-0.05, 0) is 74.7 Å². The highest BCUT2D eigenvalue weighted by Crippen LogP contribution is 2.56. The second-order valence-corrected chi connectivity index (χ2v) is 13.9. The lowest BCUT2D eigenvalue weighted by Crippen LogP contribution is -2.28. The smallest absolute Gasteiger partial charge is 0.164 e. The van der Waals surface area contributed by atoms with Crippen molar-refractivity contribution in [2.24, 2.45) is 0 Å². The molecule has 0 saturated carbocycles. The Hall–Kier alpha value is -7.17. The molecule has 4 heteroatoms. The number of hydrogen-bond acceptors (Lipinski definition) is 4. The number of hydrogen-bond donors (Lipinski definition) is 0. The Bertz CT molecular complexity index is 2860. The molecular weight excluding hydrogens is 659 g/mol. The lowest BCUT2D eigenvalue weighted by atomic mass is 9.67. The van der Waals surface area contributed by atoms with Crippen LogP contribution in [0.5, 0.6) is 11.5 Å². The molecule has 0 bridgehead atoms. The Morgan fingerprint density at radius 2 is 0.907 bits per heavy atom. The lowest BCUT2D eigenvalue weighted by molar-refractivity contribution is 0.487. The van der Waals surface area contributed by atoms with E-state index in [-0.39, 0.29) is 0 Å². The van der Waals surface area contributed by atoms with Crippen LogP contribution in [0, 0.1) is 0 Å². The molecular formula is C50H31N3O. The Morgan fingerprint density at radius 3 is 1.63 bits per heavy atom. The van der Waals surface area contributed by atoms with Crippen molar-refractivity contribution in [1.82, 2.24) is 15.0 Å². The molecule has 54 heavy (non-hydrogen) atoms. The van der Waals surface area contributed by atoms with Gasteiger partial charge in [0.15, 0.2) is 17.5 Å². The van der Waals surface area contributed by atoms with E-state index in [2.05, 4.69) is 152 Å². The highest BCUT2D eigenvalue weighted by molar-refractivity contribution is 6.04. The van der Waals surface area contributed by atoms with Crippen LogP contribution in [0.4, 0.5) is 0 Å². The quantitative estimate of drug-likeness (QED) is 0.180. The van der Waals surface area contributed by atoms with Gasteiger partial charge in [0, 0.05) is 27.6 Å². The van der Waals surface area contributed by atoms with E-state index in [0.717, 1.165) is 50.1 Å². The van der Waals surface area contributed by atoms with Crippen molar-refractivity contribution in [2.45, 2.75) is 5.41 Å². The predicted molar refractivity (Wildman–Crippen MR) is 216 cm³/mol. The predicted octanol–water partition coefficient (Wildman–Crippen LogP) is 12.2. The Balaban J connectivity index is 1.13. The molecule has 2 aliphatic rings. The van der Waals surface area contributed by atoms with Gasteiger partial charge in [0.25, 0.3) is 0 Å². The molecule has 1 aliphatic carbocycles. The zero-order valence-corrected chi connectivity index (χ0v) is 29.1. The third kappa shape index (κ3) is 4.53. The summed E-state index contributed by atoms with van der Waals surface area (Å²) in [5.74, 6) is 3.54.